The second-order valence-corrected chi connectivity index (χ2v) is 9.22. The van der Waals surface area contributed by atoms with Gasteiger partial charge in [-0.25, -0.2) is 4.98 Å². The number of amides is 2. The fourth-order valence-corrected chi connectivity index (χ4v) is 4.60. The van der Waals surface area contributed by atoms with Crippen LogP contribution in [0.15, 0.2) is 22.9 Å². The molecule has 1 aliphatic heterocycles. The van der Waals surface area contributed by atoms with E-state index in [1.54, 1.807) is 11.3 Å². The van der Waals surface area contributed by atoms with Crippen molar-refractivity contribution in [2.45, 2.75) is 25.7 Å². The first-order valence-electron chi connectivity index (χ1n) is 10.0. The Balaban J connectivity index is 1.28. The summed E-state index contributed by atoms with van der Waals surface area (Å²) >= 11 is 2.91. The first kappa shape index (κ1) is 21.9. The van der Waals surface area contributed by atoms with Crippen LogP contribution >= 0.6 is 22.7 Å². The van der Waals surface area contributed by atoms with E-state index in [1.165, 1.54) is 11.3 Å². The maximum atomic E-state index is 12.1. The van der Waals surface area contributed by atoms with Gasteiger partial charge in [0.15, 0.2) is 5.13 Å². The molecule has 1 fully saturated rings. The van der Waals surface area contributed by atoms with Crippen molar-refractivity contribution < 1.29 is 9.59 Å². The van der Waals surface area contributed by atoms with Crippen LogP contribution < -0.4 is 10.6 Å². The number of rotatable bonds is 10. The quantitative estimate of drug-likeness (QED) is 0.559. The van der Waals surface area contributed by atoms with Crippen LogP contribution in [0.4, 0.5) is 5.13 Å². The number of nitrogens with zero attached hydrogens (tertiary/aromatic N) is 3. The van der Waals surface area contributed by atoms with Crippen LogP contribution in [0.3, 0.4) is 0 Å². The number of hydrogen-bond donors (Lipinski definition) is 2. The maximum absolute atomic E-state index is 12.1. The molecule has 0 bridgehead atoms. The van der Waals surface area contributed by atoms with Gasteiger partial charge in [0.2, 0.25) is 11.8 Å². The Bertz CT molecular complexity index is 770. The van der Waals surface area contributed by atoms with E-state index in [9.17, 15) is 9.59 Å². The Morgan fingerprint density at radius 3 is 2.69 bits per heavy atom. The number of thiazole rings is 1. The third-order valence-corrected chi connectivity index (χ3v) is 6.56. The lowest BCUT2D eigenvalue weighted by molar-refractivity contribution is -0.120. The summed E-state index contributed by atoms with van der Waals surface area (Å²) in [5.41, 5.74) is 0.691. The monoisotopic (exact) mass is 435 g/mol. The third kappa shape index (κ3) is 7.85. The van der Waals surface area contributed by atoms with Gasteiger partial charge in [-0.15, -0.1) is 22.7 Å². The van der Waals surface area contributed by atoms with E-state index >= 15 is 0 Å². The normalized spacial score (nSPS) is 15.3. The van der Waals surface area contributed by atoms with Crippen LogP contribution in [-0.4, -0.2) is 72.9 Å². The zero-order valence-electron chi connectivity index (χ0n) is 16.9. The van der Waals surface area contributed by atoms with Gasteiger partial charge in [0.25, 0.3) is 0 Å². The fraction of sp³-hybridized carbons (Fsp3) is 0.550. The van der Waals surface area contributed by atoms with Crippen molar-refractivity contribution >= 4 is 39.6 Å². The summed E-state index contributed by atoms with van der Waals surface area (Å²) in [6.07, 6.45) is 2.68. The van der Waals surface area contributed by atoms with Gasteiger partial charge in [0.1, 0.15) is 0 Å². The van der Waals surface area contributed by atoms with Crippen LogP contribution in [-0.2, 0) is 22.4 Å². The lowest BCUT2D eigenvalue weighted by Crippen LogP contribution is -2.44. The number of carbonyl (C=O) groups excluding carboxylic acids is 2. The molecule has 0 spiro atoms. The van der Waals surface area contributed by atoms with Gasteiger partial charge in [-0.05, 0) is 37.9 Å². The molecule has 0 unspecified atom stereocenters. The standard InChI is InChI=1S/C20H29N5O2S2/c1-24-8-10-25(11-9-24)7-3-2-6-21-18(26)13-16-15-29-20(22-16)23-19(27)14-17-5-4-12-28-17/h4-5,12,15H,2-3,6-11,13-14H2,1H3,(H,21,26)(H,22,23,27). The molecule has 0 aromatic carbocycles. The predicted molar refractivity (Wildman–Crippen MR) is 119 cm³/mol. The van der Waals surface area contributed by atoms with Crippen molar-refractivity contribution in [2.75, 3.05) is 51.6 Å². The smallest absolute Gasteiger partial charge is 0.231 e. The largest absolute Gasteiger partial charge is 0.356 e. The minimum absolute atomic E-state index is 0.0219. The number of hydrogen-bond acceptors (Lipinski definition) is 7. The highest BCUT2D eigenvalue weighted by Crippen LogP contribution is 2.17. The summed E-state index contributed by atoms with van der Waals surface area (Å²) in [5.74, 6) is -0.107. The molecule has 0 aliphatic carbocycles. The Labute approximate surface area is 180 Å². The van der Waals surface area contributed by atoms with E-state index in [0.717, 1.165) is 50.4 Å². The van der Waals surface area contributed by atoms with Gasteiger partial charge < -0.3 is 20.4 Å². The Hall–Kier alpha value is -1.81. The number of aromatic nitrogens is 1. The van der Waals surface area contributed by atoms with Crippen molar-refractivity contribution in [2.24, 2.45) is 0 Å². The molecule has 7 nitrogen and oxygen atoms in total. The summed E-state index contributed by atoms with van der Waals surface area (Å²) in [6, 6.07) is 3.87. The molecular formula is C20H29N5O2S2. The van der Waals surface area contributed by atoms with E-state index in [1.807, 2.05) is 22.9 Å². The van der Waals surface area contributed by atoms with Crippen LogP contribution in [0, 0.1) is 0 Å². The minimum atomic E-state index is -0.0850. The molecule has 0 radical (unpaired) electrons. The van der Waals surface area contributed by atoms with Crippen LogP contribution in [0.1, 0.15) is 23.4 Å². The molecule has 2 amide bonds. The summed E-state index contributed by atoms with van der Waals surface area (Å²) < 4.78 is 0. The first-order chi connectivity index (χ1) is 14.1. The molecule has 3 heterocycles. The highest BCUT2D eigenvalue weighted by atomic mass is 32.1. The number of likely N-dealkylation sites (N-methyl/N-ethyl adjacent to an activating group) is 1. The molecule has 1 saturated heterocycles. The molecular weight excluding hydrogens is 406 g/mol. The van der Waals surface area contributed by atoms with E-state index in [4.69, 9.17) is 0 Å². The summed E-state index contributed by atoms with van der Waals surface area (Å²) in [4.78, 5) is 34.3. The number of piperazine rings is 1. The molecule has 2 aromatic rings. The lowest BCUT2D eigenvalue weighted by atomic mass is 10.2. The zero-order valence-corrected chi connectivity index (χ0v) is 18.5. The molecule has 0 saturated carbocycles. The van der Waals surface area contributed by atoms with Crippen molar-refractivity contribution in [1.29, 1.82) is 0 Å². The number of anilines is 1. The molecule has 2 N–H and O–H groups in total. The number of carbonyl (C=O) groups is 2. The second-order valence-electron chi connectivity index (χ2n) is 7.33. The SMILES string of the molecule is CN1CCN(CCCCNC(=O)Cc2csc(NC(=O)Cc3cccs3)n2)CC1. The first-order valence-corrected chi connectivity index (χ1v) is 11.8. The number of nitrogens with one attached hydrogen (secondary N) is 2. The summed E-state index contributed by atoms with van der Waals surface area (Å²) in [7, 11) is 2.16. The van der Waals surface area contributed by atoms with Gasteiger partial charge in [-0.2, -0.15) is 0 Å². The lowest BCUT2D eigenvalue weighted by Gasteiger charge is -2.32. The van der Waals surface area contributed by atoms with Crippen molar-refractivity contribution in [3.8, 4) is 0 Å². The van der Waals surface area contributed by atoms with Gasteiger partial charge in [-0.1, -0.05) is 6.07 Å². The Morgan fingerprint density at radius 1 is 1.10 bits per heavy atom. The van der Waals surface area contributed by atoms with Gasteiger partial charge in [0.05, 0.1) is 18.5 Å². The summed E-state index contributed by atoms with van der Waals surface area (Å²) in [5, 5.41) is 10.1. The van der Waals surface area contributed by atoms with Crippen molar-refractivity contribution in [3.63, 3.8) is 0 Å². The van der Waals surface area contributed by atoms with E-state index in [0.29, 0.717) is 23.8 Å². The molecule has 2 aromatic heterocycles. The van der Waals surface area contributed by atoms with Gasteiger partial charge in [-0.3, -0.25) is 9.59 Å². The summed E-state index contributed by atoms with van der Waals surface area (Å²) in [6.45, 7) is 6.35. The van der Waals surface area contributed by atoms with Crippen LogP contribution in [0.25, 0.3) is 0 Å². The molecule has 1 aliphatic rings. The fourth-order valence-electron chi connectivity index (χ4n) is 3.17. The molecule has 29 heavy (non-hydrogen) atoms. The Kier molecular flexibility index (Phi) is 8.60. The zero-order chi connectivity index (χ0) is 20.5. The van der Waals surface area contributed by atoms with Gasteiger partial charge in [0, 0.05) is 43.0 Å². The van der Waals surface area contributed by atoms with Crippen LogP contribution in [0.2, 0.25) is 0 Å². The van der Waals surface area contributed by atoms with Crippen LogP contribution in [0.5, 0.6) is 0 Å². The molecule has 3 rings (SSSR count). The topological polar surface area (TPSA) is 77.6 Å². The average Bonchev–Trinajstić information content (AvgIpc) is 3.35. The molecule has 158 valence electrons. The minimum Gasteiger partial charge on any atom is -0.356 e. The second kappa shape index (κ2) is 11.4. The predicted octanol–water partition coefficient (Wildman–Crippen LogP) is 2.07. The third-order valence-electron chi connectivity index (χ3n) is 4.87. The van der Waals surface area contributed by atoms with E-state index in [2.05, 4.69) is 32.5 Å². The molecule has 0 atom stereocenters. The van der Waals surface area contributed by atoms with Crippen molar-refractivity contribution in [1.82, 2.24) is 20.1 Å². The number of unbranched alkanes of at least 4 members (excludes halogenated alkanes) is 1. The number of thiophene rings is 1. The van der Waals surface area contributed by atoms with Gasteiger partial charge >= 0.3 is 0 Å². The van der Waals surface area contributed by atoms with Crippen molar-refractivity contribution in [3.05, 3.63) is 33.5 Å². The Morgan fingerprint density at radius 2 is 1.93 bits per heavy atom. The average molecular weight is 436 g/mol. The van der Waals surface area contributed by atoms with E-state index in [-0.39, 0.29) is 18.2 Å². The van der Waals surface area contributed by atoms with E-state index < -0.39 is 0 Å². The molecule has 9 heteroatoms. The highest BCUT2D eigenvalue weighted by molar-refractivity contribution is 7.14. The highest BCUT2D eigenvalue weighted by Gasteiger charge is 2.13. The maximum Gasteiger partial charge on any atom is 0.231 e.